The van der Waals surface area contributed by atoms with Gasteiger partial charge in [-0.05, 0) is 23.6 Å². The maximum atomic E-state index is 12.7. The number of aromatic nitrogens is 2. The summed E-state index contributed by atoms with van der Waals surface area (Å²) in [7, 11) is 0. The highest BCUT2D eigenvalue weighted by Crippen LogP contribution is 2.43. The summed E-state index contributed by atoms with van der Waals surface area (Å²) < 4.78 is 25.4. The van der Waals surface area contributed by atoms with Crippen LogP contribution in [0.15, 0.2) is 18.2 Å². The molecule has 1 saturated carbocycles. The number of nitrogens with two attached hydrogens (primary N) is 1. The zero-order valence-corrected chi connectivity index (χ0v) is 12.0. The van der Waals surface area contributed by atoms with E-state index in [4.69, 9.17) is 5.73 Å². The van der Waals surface area contributed by atoms with Gasteiger partial charge in [0.25, 0.3) is 0 Å². The molecule has 1 aliphatic carbocycles. The van der Waals surface area contributed by atoms with Crippen molar-refractivity contribution in [3.8, 4) is 0 Å². The van der Waals surface area contributed by atoms with E-state index in [9.17, 15) is 13.6 Å². The van der Waals surface area contributed by atoms with Crippen molar-refractivity contribution >= 4 is 16.9 Å². The van der Waals surface area contributed by atoms with Crippen molar-refractivity contribution in [2.75, 3.05) is 0 Å². The number of alkyl halides is 2. The Morgan fingerprint density at radius 3 is 2.91 bits per heavy atom. The minimum absolute atomic E-state index is 0.166. The lowest BCUT2D eigenvalue weighted by molar-refractivity contribution is -0.133. The number of nitrogens with zero attached hydrogens (tertiary/aromatic N) is 1. The molecule has 1 fully saturated rings. The van der Waals surface area contributed by atoms with E-state index in [1.807, 2.05) is 18.2 Å². The Hall–Kier alpha value is -2.02. The molecule has 0 bridgehead atoms. The average molecular weight is 308 g/mol. The van der Waals surface area contributed by atoms with Crippen LogP contribution in [0.25, 0.3) is 11.0 Å². The molecule has 5 nitrogen and oxygen atoms in total. The summed E-state index contributed by atoms with van der Waals surface area (Å²) in [4.78, 5) is 19.2. The van der Waals surface area contributed by atoms with Crippen LogP contribution in [0.3, 0.4) is 0 Å². The molecule has 1 aromatic heterocycles. The van der Waals surface area contributed by atoms with Crippen molar-refractivity contribution in [1.29, 1.82) is 0 Å². The van der Waals surface area contributed by atoms with Gasteiger partial charge < -0.3 is 16.0 Å². The first-order chi connectivity index (χ1) is 10.4. The maximum absolute atomic E-state index is 12.7. The third kappa shape index (κ3) is 3.24. The Kier molecular flexibility index (Phi) is 3.82. The van der Waals surface area contributed by atoms with E-state index in [-0.39, 0.29) is 31.1 Å². The molecule has 0 atom stereocenters. The number of hydrogen-bond donors (Lipinski definition) is 3. The molecule has 0 spiro atoms. The fourth-order valence-corrected chi connectivity index (χ4v) is 2.78. The smallest absolute Gasteiger partial charge is 0.248 e. The van der Waals surface area contributed by atoms with Crippen LogP contribution in [-0.4, -0.2) is 21.8 Å². The van der Waals surface area contributed by atoms with Gasteiger partial charge in [0.15, 0.2) is 0 Å². The van der Waals surface area contributed by atoms with Crippen LogP contribution >= 0.6 is 0 Å². The van der Waals surface area contributed by atoms with Crippen LogP contribution in [0.2, 0.25) is 0 Å². The van der Waals surface area contributed by atoms with E-state index in [0.717, 1.165) is 16.6 Å². The summed E-state index contributed by atoms with van der Waals surface area (Å²) in [5.74, 6) is -2.25. The molecule has 118 valence electrons. The van der Waals surface area contributed by atoms with E-state index < -0.39 is 5.92 Å². The van der Waals surface area contributed by atoms with Crippen molar-refractivity contribution in [1.82, 2.24) is 15.3 Å². The number of imidazole rings is 1. The molecule has 0 saturated heterocycles. The predicted octanol–water partition coefficient (Wildman–Crippen LogP) is 2.07. The number of rotatable bonds is 5. The quantitative estimate of drug-likeness (QED) is 0.790. The number of nitrogens with one attached hydrogen (secondary N) is 2. The third-order valence-corrected chi connectivity index (χ3v) is 3.93. The van der Waals surface area contributed by atoms with E-state index in [0.29, 0.717) is 18.9 Å². The maximum Gasteiger partial charge on any atom is 0.248 e. The second-order valence-electron chi connectivity index (χ2n) is 5.85. The van der Waals surface area contributed by atoms with Crippen LogP contribution in [0.1, 0.15) is 30.7 Å². The first-order valence-corrected chi connectivity index (χ1v) is 7.27. The number of aromatic amines is 1. The molecule has 0 radical (unpaired) electrons. The Balaban J connectivity index is 1.53. The number of halogens is 2. The lowest BCUT2D eigenvalue weighted by atomic mass is 9.79. The topological polar surface area (TPSA) is 83.8 Å². The second-order valence-corrected chi connectivity index (χ2v) is 5.85. The molecule has 0 unspecified atom stereocenters. The Bertz CT molecular complexity index is 690. The van der Waals surface area contributed by atoms with Gasteiger partial charge >= 0.3 is 0 Å². The van der Waals surface area contributed by atoms with E-state index in [1.165, 1.54) is 0 Å². The molecule has 1 aliphatic rings. The fourth-order valence-electron chi connectivity index (χ4n) is 2.78. The number of amides is 1. The monoisotopic (exact) mass is 308 g/mol. The van der Waals surface area contributed by atoms with E-state index >= 15 is 0 Å². The number of H-pyrrole nitrogens is 1. The zero-order valence-electron chi connectivity index (χ0n) is 12.0. The van der Waals surface area contributed by atoms with Crippen LogP contribution in [0.4, 0.5) is 8.78 Å². The first-order valence-electron chi connectivity index (χ1n) is 7.27. The van der Waals surface area contributed by atoms with E-state index in [2.05, 4.69) is 15.3 Å². The number of carbonyl (C=O) groups is 1. The van der Waals surface area contributed by atoms with Gasteiger partial charge in [-0.3, -0.25) is 4.79 Å². The molecule has 3 rings (SSSR count). The van der Waals surface area contributed by atoms with Crippen molar-refractivity contribution in [3.63, 3.8) is 0 Å². The number of benzene rings is 1. The first kappa shape index (κ1) is 14.9. The van der Waals surface area contributed by atoms with Gasteiger partial charge in [-0.15, -0.1) is 0 Å². The number of carbonyl (C=O) groups excluding carboxylic acids is 1. The summed E-state index contributed by atoms with van der Waals surface area (Å²) in [6, 6.07) is 5.64. The van der Waals surface area contributed by atoms with E-state index in [1.54, 1.807) is 0 Å². The average Bonchev–Trinajstić information content (AvgIpc) is 2.85. The summed E-state index contributed by atoms with van der Waals surface area (Å²) in [6.45, 7) is 0.710. The third-order valence-electron chi connectivity index (χ3n) is 3.93. The summed E-state index contributed by atoms with van der Waals surface area (Å²) in [5.41, 5.74) is 8.15. The van der Waals surface area contributed by atoms with Gasteiger partial charge in [0.05, 0.1) is 17.6 Å². The zero-order chi connectivity index (χ0) is 15.7. The molecule has 22 heavy (non-hydrogen) atoms. The summed E-state index contributed by atoms with van der Waals surface area (Å²) in [5, 5.41) is 2.77. The Morgan fingerprint density at radius 1 is 1.45 bits per heavy atom. The van der Waals surface area contributed by atoms with Gasteiger partial charge in [-0.1, -0.05) is 6.07 Å². The Morgan fingerprint density at radius 2 is 2.23 bits per heavy atom. The molecular formula is C15H18F2N4O. The minimum atomic E-state index is -2.57. The molecule has 0 aliphatic heterocycles. The largest absolute Gasteiger partial charge is 0.352 e. The molecule has 1 heterocycles. The highest BCUT2D eigenvalue weighted by molar-refractivity contribution is 5.77. The van der Waals surface area contributed by atoms with Crippen molar-refractivity contribution in [2.24, 2.45) is 11.7 Å². The predicted molar refractivity (Wildman–Crippen MR) is 78.1 cm³/mol. The molecule has 1 amide bonds. The van der Waals surface area contributed by atoms with Gasteiger partial charge in [0, 0.05) is 25.8 Å². The van der Waals surface area contributed by atoms with Gasteiger partial charge in [-0.25, -0.2) is 13.8 Å². The fraction of sp³-hybridized carbons (Fsp3) is 0.467. The van der Waals surface area contributed by atoms with Gasteiger partial charge in [0.1, 0.15) is 5.82 Å². The van der Waals surface area contributed by atoms with Crippen molar-refractivity contribution in [2.45, 2.75) is 38.3 Å². The highest BCUT2D eigenvalue weighted by Gasteiger charge is 2.45. The number of hydrogen-bond acceptors (Lipinski definition) is 3. The normalized spacial score (nSPS) is 17.4. The molecule has 4 N–H and O–H groups in total. The minimum Gasteiger partial charge on any atom is -0.352 e. The molecular weight excluding hydrogens is 290 g/mol. The second kappa shape index (κ2) is 5.64. The number of fused-ring (bicyclic) bond motifs is 1. The SMILES string of the molecule is NCc1nc2ccc(CNC(=O)CC3CC(F)(F)C3)cc2[nH]1. The van der Waals surface area contributed by atoms with Crippen molar-refractivity contribution in [3.05, 3.63) is 29.6 Å². The van der Waals surface area contributed by atoms with Crippen LogP contribution < -0.4 is 11.1 Å². The summed E-state index contributed by atoms with van der Waals surface area (Å²) >= 11 is 0. The lowest BCUT2D eigenvalue weighted by Crippen LogP contribution is -2.38. The lowest BCUT2D eigenvalue weighted by Gasteiger charge is -2.34. The van der Waals surface area contributed by atoms with Gasteiger partial charge in [0.2, 0.25) is 11.8 Å². The standard InChI is InChI=1S/C15H18F2N4O/c16-15(17)5-10(6-15)4-14(22)19-8-9-1-2-11-12(3-9)21-13(7-18)20-11/h1-3,10H,4-8,18H2,(H,19,22)(H,20,21). The molecule has 2 aromatic rings. The molecule has 1 aromatic carbocycles. The van der Waals surface area contributed by atoms with Crippen LogP contribution in [0, 0.1) is 5.92 Å². The van der Waals surface area contributed by atoms with Crippen molar-refractivity contribution < 1.29 is 13.6 Å². The van der Waals surface area contributed by atoms with Crippen LogP contribution in [0.5, 0.6) is 0 Å². The highest BCUT2D eigenvalue weighted by atomic mass is 19.3. The van der Waals surface area contributed by atoms with Gasteiger partial charge in [-0.2, -0.15) is 0 Å². The Labute approximate surface area is 126 Å². The van der Waals surface area contributed by atoms with Crippen LogP contribution in [-0.2, 0) is 17.9 Å². The summed E-state index contributed by atoms with van der Waals surface area (Å²) in [6.07, 6.45) is -0.190. The molecule has 7 heteroatoms.